The molecule has 164 valence electrons. The Morgan fingerprint density at radius 3 is 2.06 bits per heavy atom. The quantitative estimate of drug-likeness (QED) is 0.410. The van der Waals surface area contributed by atoms with Crippen LogP contribution >= 0.6 is 0 Å². The zero-order valence-electron chi connectivity index (χ0n) is 17.3. The fourth-order valence-corrected chi connectivity index (χ4v) is 6.34. The van der Waals surface area contributed by atoms with Crippen molar-refractivity contribution in [2.24, 2.45) is 29.6 Å². The molecule has 31 heavy (non-hydrogen) atoms. The van der Waals surface area contributed by atoms with Crippen molar-refractivity contribution in [2.75, 3.05) is 6.61 Å². The molecule has 1 saturated heterocycles. The predicted octanol–water partition coefficient (Wildman–Crippen LogP) is 3.14. The number of Topliss-reactive ketones (excluding diaryl/α,β-unsaturated/α-hetero) is 1. The van der Waals surface area contributed by atoms with Crippen molar-refractivity contribution in [3.05, 3.63) is 35.6 Å². The molecule has 4 aliphatic rings. The van der Waals surface area contributed by atoms with Crippen LogP contribution in [0.5, 0.6) is 0 Å². The van der Waals surface area contributed by atoms with Crippen LogP contribution in [-0.2, 0) is 19.1 Å². The van der Waals surface area contributed by atoms with Gasteiger partial charge in [0.2, 0.25) is 11.8 Å². The van der Waals surface area contributed by atoms with Crippen LogP contribution in [0.3, 0.4) is 0 Å². The lowest BCUT2D eigenvalue weighted by Crippen LogP contribution is -2.44. The molecule has 0 aromatic heterocycles. The van der Waals surface area contributed by atoms with E-state index in [1.807, 2.05) is 0 Å². The lowest BCUT2D eigenvalue weighted by Gasteiger charge is -2.33. The smallest absolute Gasteiger partial charge is 0.309 e. The second-order valence-electron chi connectivity index (χ2n) is 9.47. The fraction of sp³-hybridized carbons (Fsp3) is 0.583. The molecule has 4 atom stereocenters. The number of rotatable bonds is 5. The van der Waals surface area contributed by atoms with Crippen molar-refractivity contribution >= 4 is 23.6 Å². The molecule has 1 heterocycles. The van der Waals surface area contributed by atoms with Gasteiger partial charge in [0.05, 0.1) is 17.8 Å². The van der Waals surface area contributed by atoms with Gasteiger partial charge in [-0.3, -0.25) is 24.1 Å². The zero-order valence-corrected chi connectivity index (χ0v) is 17.3. The standard InChI is InChI=1S/C24H26FNO5/c25-17-7-3-13(4-8-17)19(27)12-31-24(30)14-5-9-18(10-6-14)26-22(28)20-15-1-2-16(11-15)21(20)23(26)29/h3-4,7-8,14-16,18,20-21H,1-2,5-6,9-12H2/t14?,15-,16-,18?,20+,21+/m0/s1. The summed E-state index contributed by atoms with van der Waals surface area (Å²) in [6.07, 6.45) is 5.41. The van der Waals surface area contributed by atoms with E-state index >= 15 is 0 Å². The normalized spacial score (nSPS) is 34.2. The van der Waals surface area contributed by atoms with Crippen molar-refractivity contribution in [1.82, 2.24) is 4.90 Å². The molecule has 2 amide bonds. The van der Waals surface area contributed by atoms with E-state index < -0.39 is 11.8 Å². The van der Waals surface area contributed by atoms with Gasteiger partial charge in [0.25, 0.3) is 0 Å². The van der Waals surface area contributed by atoms with E-state index in [0.717, 1.165) is 19.3 Å². The van der Waals surface area contributed by atoms with Gasteiger partial charge in [-0.25, -0.2) is 4.39 Å². The highest BCUT2D eigenvalue weighted by atomic mass is 19.1. The predicted molar refractivity (Wildman–Crippen MR) is 107 cm³/mol. The largest absolute Gasteiger partial charge is 0.457 e. The number of hydrogen-bond donors (Lipinski definition) is 0. The number of carbonyl (C=O) groups is 4. The maximum atomic E-state index is 13.0. The van der Waals surface area contributed by atoms with Crippen molar-refractivity contribution < 1.29 is 28.3 Å². The summed E-state index contributed by atoms with van der Waals surface area (Å²) < 4.78 is 18.2. The highest BCUT2D eigenvalue weighted by molar-refractivity contribution is 6.06. The molecule has 0 N–H and O–H groups in total. The van der Waals surface area contributed by atoms with Crippen LogP contribution in [0.2, 0.25) is 0 Å². The highest BCUT2D eigenvalue weighted by Crippen LogP contribution is 2.56. The lowest BCUT2D eigenvalue weighted by atomic mass is 9.81. The first kappa shape index (κ1) is 20.3. The van der Waals surface area contributed by atoms with Crippen molar-refractivity contribution in [3.63, 3.8) is 0 Å². The number of amides is 2. The van der Waals surface area contributed by atoms with Crippen LogP contribution in [0.4, 0.5) is 4.39 Å². The number of esters is 1. The van der Waals surface area contributed by atoms with Crippen LogP contribution in [0.1, 0.15) is 55.3 Å². The molecular weight excluding hydrogens is 401 g/mol. The van der Waals surface area contributed by atoms with Gasteiger partial charge in [0, 0.05) is 11.6 Å². The number of ether oxygens (including phenoxy) is 1. The molecule has 1 aromatic carbocycles. The number of hydrogen-bond acceptors (Lipinski definition) is 5. The summed E-state index contributed by atoms with van der Waals surface area (Å²) in [6, 6.07) is 4.98. The van der Waals surface area contributed by atoms with Gasteiger partial charge in [0.1, 0.15) is 5.82 Å². The molecule has 7 heteroatoms. The Morgan fingerprint density at radius 1 is 0.903 bits per heavy atom. The molecule has 6 nitrogen and oxygen atoms in total. The Morgan fingerprint density at radius 2 is 1.48 bits per heavy atom. The highest BCUT2D eigenvalue weighted by Gasteiger charge is 2.61. The molecule has 2 bridgehead atoms. The minimum atomic E-state index is -0.434. The van der Waals surface area contributed by atoms with E-state index in [2.05, 4.69) is 0 Å². The summed E-state index contributed by atoms with van der Waals surface area (Å²) in [5.41, 5.74) is 0.295. The number of imide groups is 1. The van der Waals surface area contributed by atoms with Gasteiger partial charge < -0.3 is 4.74 Å². The lowest BCUT2D eigenvalue weighted by molar-refractivity contribution is -0.149. The SMILES string of the molecule is O=C(COC(=O)C1CCC(N2C(=O)[C@@H]3[C@H]4CC[C@@H](C4)[C@H]3C2=O)CC1)c1ccc(F)cc1. The molecule has 3 saturated carbocycles. The summed E-state index contributed by atoms with van der Waals surface area (Å²) >= 11 is 0. The Balaban J connectivity index is 1.13. The van der Waals surface area contributed by atoms with Crippen molar-refractivity contribution in [3.8, 4) is 0 Å². The first-order valence-electron chi connectivity index (χ1n) is 11.3. The third-order valence-corrected chi connectivity index (χ3v) is 7.87. The monoisotopic (exact) mass is 427 g/mol. The number of nitrogens with zero attached hydrogens (tertiary/aromatic N) is 1. The number of benzene rings is 1. The van der Waals surface area contributed by atoms with E-state index in [9.17, 15) is 23.6 Å². The van der Waals surface area contributed by atoms with E-state index in [-0.39, 0.29) is 48.0 Å². The third kappa shape index (κ3) is 3.48. The van der Waals surface area contributed by atoms with Crippen LogP contribution in [0, 0.1) is 35.4 Å². The summed E-state index contributed by atoms with van der Waals surface area (Å²) in [5, 5.41) is 0. The molecule has 0 unspecified atom stereocenters. The molecule has 1 aliphatic heterocycles. The molecule has 3 aliphatic carbocycles. The van der Waals surface area contributed by atoms with Crippen molar-refractivity contribution in [2.45, 2.75) is 51.0 Å². The Hall–Kier alpha value is -2.57. The van der Waals surface area contributed by atoms with E-state index in [0.29, 0.717) is 43.1 Å². The molecule has 0 spiro atoms. The average Bonchev–Trinajstić information content (AvgIpc) is 3.46. The summed E-state index contributed by atoms with van der Waals surface area (Å²) in [7, 11) is 0. The van der Waals surface area contributed by atoms with Crippen LogP contribution in [-0.4, -0.2) is 41.1 Å². The summed E-state index contributed by atoms with van der Waals surface area (Å²) in [4.78, 5) is 52.0. The zero-order chi connectivity index (χ0) is 21.7. The Bertz CT molecular complexity index is 892. The number of likely N-dealkylation sites (tertiary alicyclic amines) is 1. The number of ketones is 1. The Kier molecular flexibility index (Phi) is 5.15. The first-order chi connectivity index (χ1) is 14.9. The van der Waals surface area contributed by atoms with Crippen LogP contribution in [0.15, 0.2) is 24.3 Å². The van der Waals surface area contributed by atoms with E-state index in [1.165, 1.54) is 29.2 Å². The first-order valence-corrected chi connectivity index (χ1v) is 11.3. The average molecular weight is 427 g/mol. The van der Waals surface area contributed by atoms with Gasteiger partial charge in [-0.05, 0) is 81.0 Å². The number of halogens is 1. The fourth-order valence-electron chi connectivity index (χ4n) is 6.34. The van der Waals surface area contributed by atoms with Gasteiger partial charge >= 0.3 is 5.97 Å². The molecule has 5 rings (SSSR count). The topological polar surface area (TPSA) is 80.8 Å². The number of carbonyl (C=O) groups excluding carboxylic acids is 4. The van der Waals surface area contributed by atoms with E-state index in [4.69, 9.17) is 4.74 Å². The van der Waals surface area contributed by atoms with Gasteiger partial charge in [-0.15, -0.1) is 0 Å². The van der Waals surface area contributed by atoms with Crippen LogP contribution < -0.4 is 0 Å². The van der Waals surface area contributed by atoms with Gasteiger partial charge in [0.15, 0.2) is 12.4 Å². The van der Waals surface area contributed by atoms with Gasteiger partial charge in [-0.2, -0.15) is 0 Å². The third-order valence-electron chi connectivity index (χ3n) is 7.87. The number of fused-ring (bicyclic) bond motifs is 5. The van der Waals surface area contributed by atoms with E-state index in [1.54, 1.807) is 0 Å². The summed E-state index contributed by atoms with van der Waals surface area (Å²) in [5.74, 6) is -1.01. The van der Waals surface area contributed by atoms with Crippen LogP contribution in [0.25, 0.3) is 0 Å². The molecule has 4 fully saturated rings. The minimum Gasteiger partial charge on any atom is -0.457 e. The Labute approximate surface area is 180 Å². The minimum absolute atomic E-state index is 0.0121. The second-order valence-corrected chi connectivity index (χ2v) is 9.47. The maximum absolute atomic E-state index is 13.0. The van der Waals surface area contributed by atoms with Gasteiger partial charge in [-0.1, -0.05) is 0 Å². The second kappa shape index (κ2) is 7.84. The maximum Gasteiger partial charge on any atom is 0.309 e. The molecular formula is C24H26FNO5. The molecule has 1 aromatic rings. The molecule has 0 radical (unpaired) electrons. The van der Waals surface area contributed by atoms with Crippen molar-refractivity contribution in [1.29, 1.82) is 0 Å². The summed E-state index contributed by atoms with van der Waals surface area (Å²) in [6.45, 7) is -0.375.